The normalized spacial score (nSPS) is 12.9. The molecule has 1 atom stereocenters. The van der Waals surface area contributed by atoms with E-state index in [1.807, 2.05) is 6.92 Å². The van der Waals surface area contributed by atoms with Crippen LogP contribution in [0.3, 0.4) is 0 Å². The molecule has 0 saturated heterocycles. The van der Waals surface area contributed by atoms with Gasteiger partial charge in [-0.05, 0) is 6.42 Å². The fourth-order valence-electron chi connectivity index (χ4n) is 1.34. The molecule has 0 aliphatic rings. The number of hydrogen-bond acceptors (Lipinski definition) is 8. The lowest BCUT2D eigenvalue weighted by molar-refractivity contribution is -0.173. The molecule has 0 aromatic heterocycles. The predicted octanol–water partition coefficient (Wildman–Crippen LogP) is 0.235. The first kappa shape index (κ1) is 18.8. The quantitative estimate of drug-likeness (QED) is 0.367. The van der Waals surface area contributed by atoms with E-state index in [4.69, 9.17) is 5.11 Å². The molecule has 2 N–H and O–H groups in total. The Hall–Kier alpha value is -2.16. The zero-order valence-electron chi connectivity index (χ0n) is 11.8. The lowest BCUT2D eigenvalue weighted by atomic mass is 9.96. The van der Waals surface area contributed by atoms with E-state index < -0.39 is 42.5 Å². The molecule has 0 radical (unpaired) electrons. The van der Waals surface area contributed by atoms with Crippen LogP contribution in [0.15, 0.2) is 0 Å². The molecule has 9 nitrogen and oxygen atoms in total. The topological polar surface area (TPSA) is 136 Å². The van der Waals surface area contributed by atoms with Crippen LogP contribution in [0.1, 0.15) is 32.6 Å². The molecule has 120 valence electrons. The van der Waals surface area contributed by atoms with E-state index in [1.54, 1.807) is 0 Å². The summed E-state index contributed by atoms with van der Waals surface area (Å²) in [4.78, 5) is 44.5. The van der Waals surface area contributed by atoms with Gasteiger partial charge < -0.3 is 24.4 Å². The van der Waals surface area contributed by atoms with Crippen LogP contribution in [0.4, 0.5) is 4.79 Å². The number of unbranched alkanes of at least 4 members (excludes halogenated alkanes) is 1. The molecule has 0 heterocycles. The Bertz CT molecular complexity index is 404. The largest absolute Gasteiger partial charge is 0.516 e. The summed E-state index contributed by atoms with van der Waals surface area (Å²) in [5, 5.41) is 18.5. The molecule has 0 aliphatic carbocycles. The minimum absolute atomic E-state index is 0.0546. The first-order chi connectivity index (χ1) is 9.75. The van der Waals surface area contributed by atoms with Gasteiger partial charge in [0, 0.05) is 0 Å². The monoisotopic (exact) mass is 306 g/mol. The molecule has 21 heavy (non-hydrogen) atoms. The third kappa shape index (κ3) is 7.25. The van der Waals surface area contributed by atoms with E-state index in [-0.39, 0.29) is 6.61 Å². The lowest BCUT2D eigenvalue weighted by Crippen LogP contribution is -2.44. The van der Waals surface area contributed by atoms with Gasteiger partial charge in [0.1, 0.15) is 0 Å². The Morgan fingerprint density at radius 1 is 1.14 bits per heavy atom. The van der Waals surface area contributed by atoms with Gasteiger partial charge in [0.05, 0.1) is 26.6 Å². The van der Waals surface area contributed by atoms with E-state index in [9.17, 15) is 24.3 Å². The summed E-state index contributed by atoms with van der Waals surface area (Å²) in [5.41, 5.74) is -2.61. The van der Waals surface area contributed by atoms with Crippen molar-refractivity contribution in [2.24, 2.45) is 0 Å². The van der Waals surface area contributed by atoms with Crippen LogP contribution in [-0.2, 0) is 28.6 Å². The number of ether oxygens (including phenoxy) is 3. The first-order valence-corrected chi connectivity index (χ1v) is 6.15. The molecule has 0 aliphatic heterocycles. The van der Waals surface area contributed by atoms with Gasteiger partial charge in [-0.3, -0.25) is 9.59 Å². The molecule has 9 heteroatoms. The highest BCUT2D eigenvalue weighted by Gasteiger charge is 2.43. The van der Waals surface area contributed by atoms with E-state index in [0.717, 1.165) is 13.5 Å². The Morgan fingerprint density at radius 2 is 1.76 bits per heavy atom. The number of carboxylic acid groups (broad SMARTS) is 1. The minimum Gasteiger partial charge on any atom is -0.481 e. The molecule has 0 rings (SSSR count). The number of esters is 2. The van der Waals surface area contributed by atoms with Crippen LogP contribution in [0.2, 0.25) is 0 Å². The van der Waals surface area contributed by atoms with Crippen LogP contribution < -0.4 is 0 Å². The third-order valence-corrected chi connectivity index (χ3v) is 2.36. The van der Waals surface area contributed by atoms with Crippen molar-refractivity contribution in [3.05, 3.63) is 0 Å². The van der Waals surface area contributed by atoms with Gasteiger partial charge in [0.2, 0.25) is 0 Å². The van der Waals surface area contributed by atoms with E-state index in [0.29, 0.717) is 6.42 Å². The van der Waals surface area contributed by atoms with Gasteiger partial charge in [-0.1, -0.05) is 13.3 Å². The first-order valence-electron chi connectivity index (χ1n) is 6.15. The summed E-state index contributed by atoms with van der Waals surface area (Å²) >= 11 is 0. The molecular formula is C12H18O9. The fourth-order valence-corrected chi connectivity index (χ4v) is 1.34. The lowest BCUT2D eigenvalue weighted by Gasteiger charge is -2.21. The maximum Gasteiger partial charge on any atom is 0.516 e. The Balaban J connectivity index is 4.57. The number of methoxy groups -OCH3 is 1. The summed E-state index contributed by atoms with van der Waals surface area (Å²) in [5.74, 6) is -4.15. The summed E-state index contributed by atoms with van der Waals surface area (Å²) in [6.45, 7) is 1.92. The highest BCUT2D eigenvalue weighted by Crippen LogP contribution is 2.18. The smallest absolute Gasteiger partial charge is 0.481 e. The second-order valence-corrected chi connectivity index (χ2v) is 4.20. The third-order valence-electron chi connectivity index (χ3n) is 2.36. The molecule has 1 unspecified atom stereocenters. The zero-order valence-corrected chi connectivity index (χ0v) is 11.8. The number of aliphatic carboxylic acids is 1. The Kier molecular flexibility index (Phi) is 7.99. The van der Waals surface area contributed by atoms with Crippen molar-refractivity contribution < 1.29 is 43.6 Å². The highest BCUT2D eigenvalue weighted by molar-refractivity contribution is 5.91. The van der Waals surface area contributed by atoms with Crippen molar-refractivity contribution in [3.63, 3.8) is 0 Å². The number of carboxylic acids is 1. The number of carbonyl (C=O) groups is 4. The van der Waals surface area contributed by atoms with Gasteiger partial charge in [-0.15, -0.1) is 0 Å². The van der Waals surface area contributed by atoms with E-state index >= 15 is 0 Å². The van der Waals surface area contributed by atoms with Crippen molar-refractivity contribution in [2.45, 2.75) is 38.2 Å². The van der Waals surface area contributed by atoms with E-state index in [2.05, 4.69) is 14.2 Å². The average molecular weight is 306 g/mol. The van der Waals surface area contributed by atoms with Gasteiger partial charge in [0.15, 0.2) is 5.60 Å². The molecule has 0 bridgehead atoms. The second kappa shape index (κ2) is 8.90. The molecule has 0 amide bonds. The maximum absolute atomic E-state index is 11.4. The molecule has 0 saturated carbocycles. The number of rotatable bonds is 8. The number of carbonyl (C=O) groups excluding carboxylic acids is 3. The Labute approximate surface area is 120 Å². The molecule has 0 aromatic rings. The predicted molar refractivity (Wildman–Crippen MR) is 66.2 cm³/mol. The Morgan fingerprint density at radius 3 is 2.24 bits per heavy atom. The van der Waals surface area contributed by atoms with Crippen molar-refractivity contribution in [2.75, 3.05) is 13.7 Å². The van der Waals surface area contributed by atoms with Gasteiger partial charge >= 0.3 is 24.1 Å². The van der Waals surface area contributed by atoms with Gasteiger partial charge in [-0.2, -0.15) is 0 Å². The highest BCUT2D eigenvalue weighted by atomic mass is 16.7. The van der Waals surface area contributed by atoms with Gasteiger partial charge in [0.25, 0.3) is 0 Å². The maximum atomic E-state index is 11.4. The second-order valence-electron chi connectivity index (χ2n) is 4.20. The molecule has 0 aromatic carbocycles. The number of aliphatic hydroxyl groups is 1. The van der Waals surface area contributed by atoms with Crippen LogP contribution in [0.5, 0.6) is 0 Å². The van der Waals surface area contributed by atoms with Crippen LogP contribution in [-0.4, -0.2) is 53.6 Å². The SMILES string of the molecule is CCCCOC(=O)OC(=O)CC(O)(CC(=O)O)C(=O)OC. The van der Waals surface area contributed by atoms with Crippen molar-refractivity contribution in [1.29, 1.82) is 0 Å². The summed E-state index contributed by atoms with van der Waals surface area (Å²) < 4.78 is 13.0. The van der Waals surface area contributed by atoms with Crippen molar-refractivity contribution in [1.82, 2.24) is 0 Å². The molecule has 0 spiro atoms. The van der Waals surface area contributed by atoms with Crippen LogP contribution in [0, 0.1) is 0 Å². The molecular weight excluding hydrogens is 288 g/mol. The molecule has 0 fully saturated rings. The minimum atomic E-state index is -2.61. The van der Waals surface area contributed by atoms with Crippen molar-refractivity contribution in [3.8, 4) is 0 Å². The van der Waals surface area contributed by atoms with E-state index in [1.165, 1.54) is 0 Å². The summed E-state index contributed by atoms with van der Waals surface area (Å²) in [6, 6.07) is 0. The zero-order chi connectivity index (χ0) is 16.5. The fraction of sp³-hybridized carbons (Fsp3) is 0.667. The number of hydrogen-bond donors (Lipinski definition) is 2. The standard InChI is InChI=1S/C12H18O9/c1-3-4-5-20-11(17)21-9(15)7-12(18,6-8(13)14)10(16)19-2/h18H,3-7H2,1-2H3,(H,13,14). The average Bonchev–Trinajstić information content (AvgIpc) is 2.36. The van der Waals surface area contributed by atoms with Crippen LogP contribution in [0.25, 0.3) is 0 Å². The van der Waals surface area contributed by atoms with Gasteiger partial charge in [-0.25, -0.2) is 9.59 Å². The van der Waals surface area contributed by atoms with Crippen LogP contribution >= 0.6 is 0 Å². The summed E-state index contributed by atoms with van der Waals surface area (Å²) in [6.07, 6.45) is -2.05. The summed E-state index contributed by atoms with van der Waals surface area (Å²) in [7, 11) is 0.916. The van der Waals surface area contributed by atoms with Crippen molar-refractivity contribution >= 4 is 24.1 Å².